The fourth-order valence-electron chi connectivity index (χ4n) is 1.37. The van der Waals surface area contributed by atoms with Crippen LogP contribution in [-0.4, -0.2) is 11.8 Å². The third-order valence-corrected chi connectivity index (χ3v) is 4.03. The topological polar surface area (TPSA) is 12.0 Å². The lowest BCUT2D eigenvalue weighted by molar-refractivity contribution is 0.512. The second-order valence-corrected chi connectivity index (χ2v) is 5.16. The van der Waals surface area contributed by atoms with Gasteiger partial charge in [-0.1, -0.05) is 0 Å². The van der Waals surface area contributed by atoms with Crippen LogP contribution >= 0.6 is 23.1 Å². The van der Waals surface area contributed by atoms with Crippen molar-refractivity contribution in [2.75, 3.05) is 5.75 Å². The van der Waals surface area contributed by atoms with Gasteiger partial charge in [-0.3, -0.25) is 5.32 Å². The van der Waals surface area contributed by atoms with Crippen molar-refractivity contribution in [2.45, 2.75) is 24.8 Å². The highest BCUT2D eigenvalue weighted by atomic mass is 32.2. The van der Waals surface area contributed by atoms with Gasteiger partial charge in [0.2, 0.25) is 0 Å². The first-order chi connectivity index (χ1) is 5.86. The molecular formula is C9H13NS2. The van der Waals surface area contributed by atoms with Gasteiger partial charge in [0, 0.05) is 6.04 Å². The molecule has 0 aromatic carbocycles. The zero-order valence-electron chi connectivity index (χ0n) is 7.12. The van der Waals surface area contributed by atoms with Crippen LogP contribution in [0, 0.1) is 0 Å². The molecule has 1 N–H and O–H groups in total. The molecule has 66 valence electrons. The highest BCUT2D eigenvalue weighted by Gasteiger charge is 2.19. The Balaban J connectivity index is 2.04. The fourth-order valence-corrected chi connectivity index (χ4v) is 3.53. The standard InChI is InChI=1S/C9H13NS2/c1-7-2-5-12-9(10-7)8-3-4-11-6-8/h3-4,6-7,9-10H,2,5H2,1H3. The van der Waals surface area contributed by atoms with Crippen molar-refractivity contribution in [1.29, 1.82) is 0 Å². The molecule has 2 heterocycles. The lowest BCUT2D eigenvalue weighted by Crippen LogP contribution is -2.33. The molecule has 0 spiro atoms. The van der Waals surface area contributed by atoms with Gasteiger partial charge in [-0.05, 0) is 41.5 Å². The molecule has 0 amide bonds. The molecule has 1 fully saturated rings. The minimum Gasteiger partial charge on any atom is -0.299 e. The van der Waals surface area contributed by atoms with Crippen LogP contribution in [0.25, 0.3) is 0 Å². The first kappa shape index (κ1) is 8.60. The molecule has 0 bridgehead atoms. The fraction of sp³-hybridized carbons (Fsp3) is 0.556. The van der Waals surface area contributed by atoms with Crippen molar-refractivity contribution >= 4 is 23.1 Å². The smallest absolute Gasteiger partial charge is 0.0799 e. The van der Waals surface area contributed by atoms with Crippen molar-refractivity contribution in [3.05, 3.63) is 22.4 Å². The summed E-state index contributed by atoms with van der Waals surface area (Å²) in [5.41, 5.74) is 1.44. The van der Waals surface area contributed by atoms with Crippen LogP contribution in [0.15, 0.2) is 16.8 Å². The normalized spacial score (nSPS) is 30.4. The van der Waals surface area contributed by atoms with E-state index in [0.717, 1.165) is 0 Å². The van der Waals surface area contributed by atoms with Crippen LogP contribution in [0.3, 0.4) is 0 Å². The van der Waals surface area contributed by atoms with Crippen molar-refractivity contribution < 1.29 is 0 Å². The predicted octanol–water partition coefficient (Wildman–Crippen LogP) is 2.86. The van der Waals surface area contributed by atoms with Crippen molar-refractivity contribution in [3.8, 4) is 0 Å². The van der Waals surface area contributed by atoms with Gasteiger partial charge in [-0.25, -0.2) is 0 Å². The number of rotatable bonds is 1. The average Bonchev–Trinajstić information content (AvgIpc) is 2.56. The van der Waals surface area contributed by atoms with Crippen LogP contribution in [0.1, 0.15) is 24.3 Å². The summed E-state index contributed by atoms with van der Waals surface area (Å²) in [6.45, 7) is 2.26. The van der Waals surface area contributed by atoms with E-state index in [1.807, 2.05) is 11.8 Å². The minimum atomic E-state index is 0.542. The maximum absolute atomic E-state index is 3.59. The molecule has 2 rings (SSSR count). The molecule has 12 heavy (non-hydrogen) atoms. The van der Waals surface area contributed by atoms with E-state index in [0.29, 0.717) is 11.4 Å². The summed E-state index contributed by atoms with van der Waals surface area (Å²) in [6.07, 6.45) is 1.30. The van der Waals surface area contributed by atoms with Gasteiger partial charge in [0.1, 0.15) is 0 Å². The summed E-state index contributed by atoms with van der Waals surface area (Å²) < 4.78 is 0. The molecule has 2 atom stereocenters. The summed E-state index contributed by atoms with van der Waals surface area (Å²) in [6, 6.07) is 2.89. The SMILES string of the molecule is CC1CCSC(c2ccsc2)N1. The Bertz CT molecular complexity index is 233. The van der Waals surface area contributed by atoms with Crippen LogP contribution in [0.5, 0.6) is 0 Å². The predicted molar refractivity (Wildman–Crippen MR) is 56.7 cm³/mol. The van der Waals surface area contributed by atoms with E-state index in [9.17, 15) is 0 Å². The highest BCUT2D eigenvalue weighted by Crippen LogP contribution is 2.32. The van der Waals surface area contributed by atoms with E-state index in [1.165, 1.54) is 17.7 Å². The molecule has 1 aliphatic heterocycles. The maximum atomic E-state index is 3.59. The van der Waals surface area contributed by atoms with Gasteiger partial charge in [0.25, 0.3) is 0 Å². The Hall–Kier alpha value is 0.01000. The second-order valence-electron chi connectivity index (χ2n) is 3.16. The molecule has 1 aromatic rings. The molecule has 3 heteroatoms. The summed E-state index contributed by atoms with van der Waals surface area (Å²) in [5, 5.41) is 8.52. The maximum Gasteiger partial charge on any atom is 0.0799 e. The van der Waals surface area contributed by atoms with Crippen LogP contribution < -0.4 is 5.32 Å². The van der Waals surface area contributed by atoms with E-state index >= 15 is 0 Å². The number of hydrogen-bond donors (Lipinski definition) is 1. The van der Waals surface area contributed by atoms with E-state index in [1.54, 1.807) is 11.3 Å². The first-order valence-electron chi connectivity index (χ1n) is 4.26. The third-order valence-electron chi connectivity index (χ3n) is 2.12. The van der Waals surface area contributed by atoms with Crippen LogP contribution in [-0.2, 0) is 0 Å². The Labute approximate surface area is 81.6 Å². The third kappa shape index (κ3) is 1.84. The van der Waals surface area contributed by atoms with Crippen molar-refractivity contribution in [2.24, 2.45) is 0 Å². The molecule has 1 aliphatic rings. The average molecular weight is 199 g/mol. The Morgan fingerprint density at radius 3 is 3.17 bits per heavy atom. The Morgan fingerprint density at radius 2 is 2.50 bits per heavy atom. The lowest BCUT2D eigenvalue weighted by Gasteiger charge is -2.27. The van der Waals surface area contributed by atoms with Gasteiger partial charge in [0.05, 0.1) is 5.37 Å². The van der Waals surface area contributed by atoms with Crippen LogP contribution in [0.4, 0.5) is 0 Å². The zero-order chi connectivity index (χ0) is 8.39. The number of thioether (sulfide) groups is 1. The van der Waals surface area contributed by atoms with Crippen LogP contribution in [0.2, 0.25) is 0 Å². The van der Waals surface area contributed by atoms with E-state index in [-0.39, 0.29) is 0 Å². The molecule has 1 aromatic heterocycles. The molecular weight excluding hydrogens is 186 g/mol. The Morgan fingerprint density at radius 1 is 1.58 bits per heavy atom. The number of thiophene rings is 1. The van der Waals surface area contributed by atoms with Gasteiger partial charge < -0.3 is 0 Å². The molecule has 0 radical (unpaired) electrons. The Kier molecular flexibility index (Phi) is 2.73. The summed E-state index contributed by atoms with van der Waals surface area (Å²) >= 11 is 3.80. The summed E-state index contributed by atoms with van der Waals surface area (Å²) in [5.74, 6) is 1.29. The minimum absolute atomic E-state index is 0.542. The van der Waals surface area contributed by atoms with Gasteiger partial charge in [-0.15, -0.1) is 11.8 Å². The molecule has 2 unspecified atom stereocenters. The molecule has 0 aliphatic carbocycles. The highest BCUT2D eigenvalue weighted by molar-refractivity contribution is 7.99. The van der Waals surface area contributed by atoms with E-state index < -0.39 is 0 Å². The molecule has 1 saturated heterocycles. The van der Waals surface area contributed by atoms with E-state index in [2.05, 4.69) is 29.1 Å². The van der Waals surface area contributed by atoms with Crippen molar-refractivity contribution in [1.82, 2.24) is 5.32 Å². The van der Waals surface area contributed by atoms with Gasteiger partial charge >= 0.3 is 0 Å². The molecule has 1 nitrogen and oxygen atoms in total. The monoisotopic (exact) mass is 199 g/mol. The lowest BCUT2D eigenvalue weighted by atomic mass is 10.2. The molecule has 0 saturated carbocycles. The summed E-state index contributed by atoms with van der Waals surface area (Å²) in [4.78, 5) is 0. The quantitative estimate of drug-likeness (QED) is 0.746. The summed E-state index contributed by atoms with van der Waals surface area (Å²) in [7, 11) is 0. The number of hydrogen-bond acceptors (Lipinski definition) is 3. The van der Waals surface area contributed by atoms with Crippen molar-refractivity contribution in [3.63, 3.8) is 0 Å². The van der Waals surface area contributed by atoms with Gasteiger partial charge in [-0.2, -0.15) is 11.3 Å². The number of nitrogens with one attached hydrogen (secondary N) is 1. The second kappa shape index (κ2) is 3.81. The largest absolute Gasteiger partial charge is 0.299 e. The van der Waals surface area contributed by atoms with Gasteiger partial charge in [0.15, 0.2) is 0 Å². The van der Waals surface area contributed by atoms with E-state index in [4.69, 9.17) is 0 Å². The zero-order valence-corrected chi connectivity index (χ0v) is 8.75. The first-order valence-corrected chi connectivity index (χ1v) is 6.25.